The zero-order valence-electron chi connectivity index (χ0n) is 11.6. The molecule has 1 saturated carbocycles. The first-order valence-corrected chi connectivity index (χ1v) is 7.32. The fraction of sp³-hybridized carbons (Fsp3) is 1.00. The normalized spacial score (nSPS) is 19.2. The molecule has 0 aromatic rings. The Kier molecular flexibility index (Phi) is 7.82. The topological polar surface area (TPSA) is 47.3 Å². The number of nitrogens with two attached hydrogens (primary N) is 1. The molecule has 17 heavy (non-hydrogen) atoms. The van der Waals surface area contributed by atoms with Gasteiger partial charge in [0.2, 0.25) is 0 Å². The van der Waals surface area contributed by atoms with E-state index in [0.717, 1.165) is 12.3 Å². The molecule has 3 nitrogen and oxygen atoms in total. The standard InChI is InChI=1S/C14H30N2O/c1-3-4-5-6-7-8-9-13(16-15)14(17-2)12-10-11-12/h12-14,16H,3-11,15H2,1-2H3. The molecule has 0 bridgehead atoms. The molecule has 3 N–H and O–H groups in total. The predicted octanol–water partition coefficient (Wildman–Crippen LogP) is 2.99. The third kappa shape index (κ3) is 5.84. The first-order valence-electron chi connectivity index (χ1n) is 7.32. The summed E-state index contributed by atoms with van der Waals surface area (Å²) in [6.45, 7) is 2.26. The Hall–Kier alpha value is -0.120. The number of nitrogens with one attached hydrogen (secondary N) is 1. The van der Waals surface area contributed by atoms with E-state index >= 15 is 0 Å². The largest absolute Gasteiger partial charge is 0.379 e. The lowest BCUT2D eigenvalue weighted by molar-refractivity contribution is 0.0475. The smallest absolute Gasteiger partial charge is 0.0765 e. The lowest BCUT2D eigenvalue weighted by Crippen LogP contribution is -2.45. The molecule has 0 aromatic heterocycles. The Morgan fingerprint density at radius 1 is 1.18 bits per heavy atom. The number of unbranched alkanes of at least 4 members (excludes halogenated alkanes) is 5. The molecular formula is C14H30N2O. The van der Waals surface area contributed by atoms with E-state index in [1.54, 1.807) is 0 Å². The molecule has 0 heterocycles. The summed E-state index contributed by atoms with van der Waals surface area (Å²) in [5, 5.41) is 0. The van der Waals surface area contributed by atoms with Crippen LogP contribution in [0.2, 0.25) is 0 Å². The van der Waals surface area contributed by atoms with E-state index in [2.05, 4.69) is 12.3 Å². The molecule has 0 spiro atoms. The monoisotopic (exact) mass is 242 g/mol. The maximum atomic E-state index is 5.65. The van der Waals surface area contributed by atoms with Crippen LogP contribution in [0.3, 0.4) is 0 Å². The summed E-state index contributed by atoms with van der Waals surface area (Å²) < 4.78 is 5.58. The van der Waals surface area contributed by atoms with Crippen molar-refractivity contribution in [1.82, 2.24) is 5.43 Å². The van der Waals surface area contributed by atoms with E-state index in [0.29, 0.717) is 12.1 Å². The summed E-state index contributed by atoms with van der Waals surface area (Å²) in [5.41, 5.74) is 2.95. The Balaban J connectivity index is 2.09. The summed E-state index contributed by atoms with van der Waals surface area (Å²) in [6, 6.07) is 0.346. The Morgan fingerprint density at radius 3 is 2.35 bits per heavy atom. The van der Waals surface area contributed by atoms with Crippen molar-refractivity contribution in [1.29, 1.82) is 0 Å². The molecule has 2 unspecified atom stereocenters. The Morgan fingerprint density at radius 2 is 1.82 bits per heavy atom. The van der Waals surface area contributed by atoms with Crippen molar-refractivity contribution in [2.24, 2.45) is 11.8 Å². The molecule has 0 saturated heterocycles. The molecule has 0 radical (unpaired) electrons. The van der Waals surface area contributed by atoms with Crippen molar-refractivity contribution in [2.75, 3.05) is 7.11 Å². The number of hydrogen-bond donors (Lipinski definition) is 2. The summed E-state index contributed by atoms with van der Waals surface area (Å²) >= 11 is 0. The second kappa shape index (κ2) is 8.90. The van der Waals surface area contributed by atoms with Gasteiger partial charge in [-0.3, -0.25) is 11.3 Å². The first-order chi connectivity index (χ1) is 8.33. The van der Waals surface area contributed by atoms with Gasteiger partial charge >= 0.3 is 0 Å². The fourth-order valence-corrected chi connectivity index (χ4v) is 2.60. The number of hydrazine groups is 1. The zero-order chi connectivity index (χ0) is 12.5. The molecule has 1 aliphatic carbocycles. The van der Waals surface area contributed by atoms with Crippen LogP contribution in [-0.4, -0.2) is 19.3 Å². The molecule has 1 fully saturated rings. The van der Waals surface area contributed by atoms with Gasteiger partial charge in [0.05, 0.1) is 6.10 Å². The second-order valence-electron chi connectivity index (χ2n) is 5.37. The van der Waals surface area contributed by atoms with Crippen LogP contribution >= 0.6 is 0 Å². The van der Waals surface area contributed by atoms with Crippen LogP contribution in [0.1, 0.15) is 64.7 Å². The highest BCUT2D eigenvalue weighted by molar-refractivity contribution is 4.89. The number of rotatable bonds is 11. The van der Waals surface area contributed by atoms with Crippen LogP contribution in [0.5, 0.6) is 0 Å². The fourth-order valence-electron chi connectivity index (χ4n) is 2.60. The van der Waals surface area contributed by atoms with Gasteiger partial charge in [-0.2, -0.15) is 0 Å². The highest BCUT2D eigenvalue weighted by Crippen LogP contribution is 2.36. The molecule has 0 amide bonds. The van der Waals surface area contributed by atoms with Crippen molar-refractivity contribution in [3.8, 4) is 0 Å². The highest BCUT2D eigenvalue weighted by Gasteiger charge is 2.35. The predicted molar refractivity (Wildman–Crippen MR) is 72.6 cm³/mol. The van der Waals surface area contributed by atoms with Gasteiger partial charge in [0.1, 0.15) is 0 Å². The highest BCUT2D eigenvalue weighted by atomic mass is 16.5. The molecule has 2 atom stereocenters. The van der Waals surface area contributed by atoms with E-state index in [4.69, 9.17) is 10.6 Å². The molecule has 1 aliphatic rings. The lowest BCUT2D eigenvalue weighted by atomic mass is 9.99. The maximum Gasteiger partial charge on any atom is 0.0765 e. The van der Waals surface area contributed by atoms with Crippen LogP contribution in [0.4, 0.5) is 0 Å². The van der Waals surface area contributed by atoms with Crippen molar-refractivity contribution in [3.05, 3.63) is 0 Å². The van der Waals surface area contributed by atoms with Gasteiger partial charge in [0.25, 0.3) is 0 Å². The zero-order valence-corrected chi connectivity index (χ0v) is 11.6. The molecule has 0 aliphatic heterocycles. The maximum absolute atomic E-state index is 5.65. The van der Waals surface area contributed by atoms with E-state index in [9.17, 15) is 0 Å². The number of hydrogen-bond acceptors (Lipinski definition) is 3. The van der Waals surface area contributed by atoms with Gasteiger partial charge in [-0.15, -0.1) is 0 Å². The Labute approximate surface area is 106 Å². The van der Waals surface area contributed by atoms with Crippen LogP contribution in [-0.2, 0) is 4.74 Å². The minimum atomic E-state index is 0.329. The van der Waals surface area contributed by atoms with Crippen LogP contribution < -0.4 is 11.3 Å². The van der Waals surface area contributed by atoms with Gasteiger partial charge in [-0.25, -0.2) is 0 Å². The van der Waals surface area contributed by atoms with Gasteiger partial charge in [0, 0.05) is 13.2 Å². The van der Waals surface area contributed by atoms with Gasteiger partial charge in [-0.1, -0.05) is 45.4 Å². The quantitative estimate of drug-likeness (QED) is 0.333. The minimum absolute atomic E-state index is 0.329. The molecule has 1 rings (SSSR count). The van der Waals surface area contributed by atoms with Crippen molar-refractivity contribution >= 4 is 0 Å². The Bertz CT molecular complexity index is 183. The van der Waals surface area contributed by atoms with Crippen molar-refractivity contribution < 1.29 is 4.74 Å². The van der Waals surface area contributed by atoms with E-state index in [1.165, 1.54) is 51.4 Å². The number of ether oxygens (including phenoxy) is 1. The van der Waals surface area contributed by atoms with Crippen molar-refractivity contribution in [3.63, 3.8) is 0 Å². The van der Waals surface area contributed by atoms with E-state index in [-0.39, 0.29) is 0 Å². The molecule has 102 valence electrons. The SMILES string of the molecule is CCCCCCCCC(NN)C(OC)C1CC1. The van der Waals surface area contributed by atoms with Crippen LogP contribution in [0, 0.1) is 5.92 Å². The van der Waals surface area contributed by atoms with Gasteiger partial charge in [0.15, 0.2) is 0 Å². The molecule has 3 heteroatoms. The average Bonchev–Trinajstić information content (AvgIpc) is 3.16. The molecular weight excluding hydrogens is 212 g/mol. The van der Waals surface area contributed by atoms with Gasteiger partial charge in [-0.05, 0) is 25.2 Å². The summed E-state index contributed by atoms with van der Waals surface area (Å²) in [7, 11) is 1.81. The molecule has 0 aromatic carbocycles. The second-order valence-corrected chi connectivity index (χ2v) is 5.37. The minimum Gasteiger partial charge on any atom is -0.379 e. The first kappa shape index (κ1) is 14.9. The van der Waals surface area contributed by atoms with Crippen LogP contribution in [0.15, 0.2) is 0 Å². The number of methoxy groups -OCH3 is 1. The van der Waals surface area contributed by atoms with E-state index < -0.39 is 0 Å². The van der Waals surface area contributed by atoms with Crippen LogP contribution in [0.25, 0.3) is 0 Å². The third-order valence-electron chi connectivity index (χ3n) is 3.84. The third-order valence-corrected chi connectivity index (χ3v) is 3.84. The summed E-state index contributed by atoms with van der Waals surface area (Å²) in [4.78, 5) is 0. The van der Waals surface area contributed by atoms with Gasteiger partial charge < -0.3 is 4.74 Å². The van der Waals surface area contributed by atoms with Crippen molar-refractivity contribution in [2.45, 2.75) is 76.9 Å². The van der Waals surface area contributed by atoms with E-state index in [1.807, 2.05) is 7.11 Å². The average molecular weight is 242 g/mol. The summed E-state index contributed by atoms with van der Waals surface area (Å²) in [6.07, 6.45) is 12.2. The lowest BCUT2D eigenvalue weighted by Gasteiger charge is -2.25. The summed E-state index contributed by atoms with van der Waals surface area (Å²) in [5.74, 6) is 6.40.